The predicted octanol–water partition coefficient (Wildman–Crippen LogP) is 2.91. The largest absolute Gasteiger partial charge is 0.490 e. The number of hydrogen-bond acceptors (Lipinski definition) is 4. The number of fused-ring (bicyclic) bond motifs is 1. The van der Waals surface area contributed by atoms with E-state index in [1.165, 1.54) is 0 Å². The zero-order valence-electron chi connectivity index (χ0n) is 12.0. The van der Waals surface area contributed by atoms with Crippen LogP contribution in [0.1, 0.15) is 15.9 Å². The van der Waals surface area contributed by atoms with Crippen LogP contribution in [0.4, 0.5) is 5.69 Å². The van der Waals surface area contributed by atoms with Crippen molar-refractivity contribution in [3.05, 3.63) is 58.6 Å². The summed E-state index contributed by atoms with van der Waals surface area (Å²) in [4.78, 5) is 13.8. The second kappa shape index (κ2) is 6.38. The molecule has 114 valence electrons. The molecule has 1 aliphatic heterocycles. The molecule has 0 fully saturated rings. The van der Waals surface area contributed by atoms with Crippen molar-refractivity contribution in [1.82, 2.24) is 0 Å². The molecule has 3 rings (SSSR count). The number of aliphatic hydroxyl groups is 1. The van der Waals surface area contributed by atoms with Crippen LogP contribution < -0.4 is 9.64 Å². The summed E-state index contributed by atoms with van der Waals surface area (Å²) in [5.74, 6) is 0.467. The number of halogens is 1. The quantitative estimate of drug-likeness (QED) is 0.881. The second-order valence-corrected chi connectivity index (χ2v) is 5.60. The number of nitrogens with zero attached hydrogens (tertiary/aromatic N) is 1. The van der Waals surface area contributed by atoms with E-state index in [9.17, 15) is 4.79 Å². The molecule has 0 aliphatic carbocycles. The molecular weight excluding hydrogens is 302 g/mol. The highest BCUT2D eigenvalue weighted by molar-refractivity contribution is 6.30. The Bertz CT molecular complexity index is 685. The molecular formula is C17H16ClNO3. The first-order valence-corrected chi connectivity index (χ1v) is 7.45. The van der Waals surface area contributed by atoms with Crippen molar-refractivity contribution in [3.63, 3.8) is 0 Å². The van der Waals surface area contributed by atoms with Gasteiger partial charge in [0.2, 0.25) is 0 Å². The van der Waals surface area contributed by atoms with Gasteiger partial charge in [-0.25, -0.2) is 0 Å². The van der Waals surface area contributed by atoms with Crippen LogP contribution in [0.5, 0.6) is 5.75 Å². The van der Waals surface area contributed by atoms with E-state index >= 15 is 0 Å². The summed E-state index contributed by atoms with van der Waals surface area (Å²) < 4.78 is 5.64. The number of carbonyl (C=O) groups is 1. The first kappa shape index (κ1) is 14.9. The van der Waals surface area contributed by atoms with Crippen molar-refractivity contribution in [2.45, 2.75) is 6.54 Å². The topological polar surface area (TPSA) is 49.8 Å². The molecule has 2 aromatic rings. The third-order valence-corrected chi connectivity index (χ3v) is 3.92. The van der Waals surface area contributed by atoms with Crippen LogP contribution in [0.15, 0.2) is 42.5 Å². The van der Waals surface area contributed by atoms with Crippen LogP contribution in [-0.2, 0) is 6.54 Å². The van der Waals surface area contributed by atoms with Crippen molar-refractivity contribution >= 4 is 23.1 Å². The normalized spacial score (nSPS) is 13.5. The highest BCUT2D eigenvalue weighted by Gasteiger charge is 2.20. The van der Waals surface area contributed by atoms with Gasteiger partial charge >= 0.3 is 0 Å². The zero-order valence-corrected chi connectivity index (χ0v) is 12.7. The van der Waals surface area contributed by atoms with Crippen LogP contribution in [0, 0.1) is 0 Å². The fraction of sp³-hybridized carbons (Fsp3) is 0.235. The van der Waals surface area contributed by atoms with Gasteiger partial charge in [-0.1, -0.05) is 23.7 Å². The summed E-state index contributed by atoms with van der Waals surface area (Å²) >= 11 is 5.91. The molecule has 1 heterocycles. The first-order chi connectivity index (χ1) is 10.7. The minimum Gasteiger partial charge on any atom is -0.490 e. The van der Waals surface area contributed by atoms with E-state index in [2.05, 4.69) is 4.90 Å². The second-order valence-electron chi connectivity index (χ2n) is 5.16. The van der Waals surface area contributed by atoms with E-state index < -0.39 is 6.61 Å². The van der Waals surface area contributed by atoms with E-state index in [1.54, 1.807) is 18.2 Å². The average molecular weight is 318 g/mol. The Kier molecular flexibility index (Phi) is 4.32. The van der Waals surface area contributed by atoms with Crippen molar-refractivity contribution in [3.8, 4) is 5.75 Å². The number of carbonyl (C=O) groups excluding carboxylic acids is 1. The SMILES string of the molecule is O=C(CO)c1ccc2c(c1)N(Cc1ccc(Cl)cc1)CCO2. The first-order valence-electron chi connectivity index (χ1n) is 7.07. The lowest BCUT2D eigenvalue weighted by Gasteiger charge is -2.31. The van der Waals surface area contributed by atoms with E-state index in [0.717, 1.165) is 23.5 Å². The van der Waals surface area contributed by atoms with Gasteiger partial charge in [0.15, 0.2) is 5.78 Å². The highest BCUT2D eigenvalue weighted by Crippen LogP contribution is 2.33. The molecule has 0 amide bonds. The molecule has 0 radical (unpaired) electrons. The smallest absolute Gasteiger partial charge is 0.188 e. The van der Waals surface area contributed by atoms with E-state index in [-0.39, 0.29) is 5.78 Å². The average Bonchev–Trinajstić information content (AvgIpc) is 2.56. The summed E-state index contributed by atoms with van der Waals surface area (Å²) in [7, 11) is 0. The molecule has 22 heavy (non-hydrogen) atoms. The third-order valence-electron chi connectivity index (χ3n) is 3.67. The zero-order chi connectivity index (χ0) is 15.5. The lowest BCUT2D eigenvalue weighted by Crippen LogP contribution is -2.32. The number of rotatable bonds is 4. The summed E-state index contributed by atoms with van der Waals surface area (Å²) in [6.45, 7) is 1.57. The third kappa shape index (κ3) is 3.08. The van der Waals surface area contributed by atoms with Crippen LogP contribution in [0.2, 0.25) is 5.02 Å². The van der Waals surface area contributed by atoms with Gasteiger partial charge in [0.25, 0.3) is 0 Å². The summed E-state index contributed by atoms with van der Waals surface area (Å²) in [6.07, 6.45) is 0. The molecule has 0 bridgehead atoms. The molecule has 1 N–H and O–H groups in total. The molecule has 0 aromatic heterocycles. The van der Waals surface area contributed by atoms with Crippen LogP contribution in [0.3, 0.4) is 0 Å². The number of benzene rings is 2. The minimum atomic E-state index is -0.489. The van der Waals surface area contributed by atoms with Crippen LogP contribution >= 0.6 is 11.6 Å². The molecule has 0 saturated heterocycles. The molecule has 0 unspecified atom stereocenters. The van der Waals surface area contributed by atoms with Gasteiger partial charge in [0.05, 0.1) is 12.2 Å². The number of hydrogen-bond donors (Lipinski definition) is 1. The Morgan fingerprint density at radius 1 is 1.23 bits per heavy atom. The number of anilines is 1. The highest BCUT2D eigenvalue weighted by atomic mass is 35.5. The summed E-state index contributed by atoms with van der Waals surface area (Å²) in [5, 5.41) is 9.72. The maximum Gasteiger partial charge on any atom is 0.188 e. The Hall–Kier alpha value is -2.04. The lowest BCUT2D eigenvalue weighted by molar-refractivity contribution is 0.0903. The molecule has 4 nitrogen and oxygen atoms in total. The van der Waals surface area contributed by atoms with Crippen LogP contribution in [0.25, 0.3) is 0 Å². The molecule has 1 aliphatic rings. The predicted molar refractivity (Wildman–Crippen MR) is 85.9 cm³/mol. The van der Waals surface area contributed by atoms with E-state index in [0.29, 0.717) is 23.7 Å². The number of Topliss-reactive ketones (excluding diaryl/α,β-unsaturated/α-hetero) is 1. The van der Waals surface area contributed by atoms with Gasteiger partial charge in [-0.3, -0.25) is 4.79 Å². The van der Waals surface area contributed by atoms with Crippen molar-refractivity contribution in [2.75, 3.05) is 24.7 Å². The van der Waals surface area contributed by atoms with Gasteiger partial charge in [-0.2, -0.15) is 0 Å². The molecule has 0 saturated carbocycles. The van der Waals surface area contributed by atoms with Crippen molar-refractivity contribution < 1.29 is 14.6 Å². The lowest BCUT2D eigenvalue weighted by atomic mass is 10.1. The Morgan fingerprint density at radius 2 is 2.00 bits per heavy atom. The van der Waals surface area contributed by atoms with Gasteiger partial charge in [-0.15, -0.1) is 0 Å². The summed E-state index contributed by atoms with van der Waals surface area (Å²) in [5.41, 5.74) is 2.50. The Labute approximate surface area is 133 Å². The maximum atomic E-state index is 11.7. The van der Waals surface area contributed by atoms with E-state index in [4.69, 9.17) is 21.4 Å². The number of ether oxygens (including phenoxy) is 1. The Balaban J connectivity index is 1.89. The number of aliphatic hydroxyl groups excluding tert-OH is 1. The monoisotopic (exact) mass is 317 g/mol. The van der Waals surface area contributed by atoms with Gasteiger partial charge < -0.3 is 14.7 Å². The fourth-order valence-electron chi connectivity index (χ4n) is 2.51. The molecule has 5 heteroatoms. The van der Waals surface area contributed by atoms with E-state index in [1.807, 2.05) is 24.3 Å². The fourth-order valence-corrected chi connectivity index (χ4v) is 2.64. The maximum absolute atomic E-state index is 11.7. The Morgan fingerprint density at radius 3 is 2.73 bits per heavy atom. The van der Waals surface area contributed by atoms with Crippen LogP contribution in [-0.4, -0.2) is 30.6 Å². The minimum absolute atomic E-state index is 0.292. The van der Waals surface area contributed by atoms with Gasteiger partial charge in [0.1, 0.15) is 19.0 Å². The number of ketones is 1. The molecule has 0 atom stereocenters. The van der Waals surface area contributed by atoms with Crippen molar-refractivity contribution in [1.29, 1.82) is 0 Å². The molecule has 2 aromatic carbocycles. The van der Waals surface area contributed by atoms with Gasteiger partial charge in [-0.05, 0) is 35.9 Å². The summed E-state index contributed by atoms with van der Waals surface area (Å²) in [6, 6.07) is 13.0. The van der Waals surface area contributed by atoms with Crippen molar-refractivity contribution in [2.24, 2.45) is 0 Å². The standard InChI is InChI=1S/C17H16ClNO3/c18-14-4-1-12(2-5-14)10-19-7-8-22-17-6-3-13(9-15(17)19)16(21)11-20/h1-6,9,20H,7-8,10-11H2. The van der Waals surface area contributed by atoms with Gasteiger partial charge in [0, 0.05) is 17.1 Å². The molecule has 0 spiro atoms.